The molecular weight excluding hydrogens is 451 g/mol. The van der Waals surface area contributed by atoms with Crippen molar-refractivity contribution in [1.29, 1.82) is 0 Å². The third-order valence-corrected chi connectivity index (χ3v) is 5.29. The molecule has 2 aliphatic rings. The van der Waals surface area contributed by atoms with Gasteiger partial charge in [-0.05, 0) is 37.8 Å². The number of amides is 1. The number of hydrogen-bond donors (Lipinski definition) is 1. The Morgan fingerprint density at radius 2 is 2.19 bits per heavy atom. The molecule has 3 rings (SSSR count). The van der Waals surface area contributed by atoms with E-state index in [9.17, 15) is 4.79 Å². The van der Waals surface area contributed by atoms with Gasteiger partial charge in [0.25, 0.3) is 0 Å². The third kappa shape index (κ3) is 5.24. The molecule has 1 atom stereocenters. The summed E-state index contributed by atoms with van der Waals surface area (Å²) < 4.78 is 0. The predicted octanol–water partition coefficient (Wildman–Crippen LogP) is 3.76. The van der Waals surface area contributed by atoms with Gasteiger partial charge in [-0.2, -0.15) is 0 Å². The second-order valence-electron chi connectivity index (χ2n) is 6.97. The van der Waals surface area contributed by atoms with Gasteiger partial charge in [-0.25, -0.2) is 0 Å². The Morgan fingerprint density at radius 1 is 1.37 bits per heavy atom. The number of fused-ring (bicyclic) bond motifs is 1. The molecule has 5 nitrogen and oxygen atoms in total. The maximum Gasteiger partial charge on any atom is 0.222 e. The Bertz CT molecular complexity index is 689. The number of aliphatic imine (C=N–C) groups is 1. The minimum Gasteiger partial charge on any atom is -0.356 e. The summed E-state index contributed by atoms with van der Waals surface area (Å²) in [4.78, 5) is 20.7. The number of hydrogen-bond acceptors (Lipinski definition) is 2. The molecule has 1 amide bonds. The van der Waals surface area contributed by atoms with Crippen molar-refractivity contribution in [1.82, 2.24) is 10.2 Å². The van der Waals surface area contributed by atoms with Gasteiger partial charge < -0.3 is 15.1 Å². The van der Waals surface area contributed by atoms with Crippen LogP contribution in [0.1, 0.15) is 44.1 Å². The first-order chi connectivity index (χ1) is 12.7. The monoisotopic (exact) mass is 482 g/mol. The van der Waals surface area contributed by atoms with Crippen molar-refractivity contribution in [3.05, 3.63) is 42.0 Å². The highest BCUT2D eigenvalue weighted by Gasteiger charge is 2.31. The van der Waals surface area contributed by atoms with E-state index in [0.29, 0.717) is 11.8 Å². The van der Waals surface area contributed by atoms with Crippen LogP contribution in [-0.2, 0) is 4.79 Å². The van der Waals surface area contributed by atoms with Crippen LogP contribution in [-0.4, -0.2) is 50.0 Å². The summed E-state index contributed by atoms with van der Waals surface area (Å²) in [5.74, 6) is 1.69. The number of rotatable bonds is 6. The van der Waals surface area contributed by atoms with Crippen molar-refractivity contribution in [2.75, 3.05) is 38.1 Å². The highest BCUT2D eigenvalue weighted by atomic mass is 127. The molecule has 1 fully saturated rings. The lowest BCUT2D eigenvalue weighted by molar-refractivity contribution is -0.127. The average Bonchev–Trinajstić information content (AvgIpc) is 3.24. The number of benzene rings is 1. The van der Waals surface area contributed by atoms with Crippen molar-refractivity contribution in [3.8, 4) is 0 Å². The molecule has 1 aromatic carbocycles. The molecule has 1 aromatic rings. The zero-order valence-corrected chi connectivity index (χ0v) is 18.7. The highest BCUT2D eigenvalue weighted by Crippen LogP contribution is 2.38. The Morgan fingerprint density at radius 3 is 2.89 bits per heavy atom. The van der Waals surface area contributed by atoms with E-state index in [-0.39, 0.29) is 24.0 Å². The van der Waals surface area contributed by atoms with Gasteiger partial charge in [-0.1, -0.05) is 30.4 Å². The standard InChI is InChI=1S/C21H30N4O.HI/c1-3-4-7-13-23-21(22-2)25-16-17(18-9-5-6-10-19(18)25)12-15-24-14-8-11-20(24)26;/h3-6,9-10,17H,7-8,11-16H2,1-2H3,(H,22,23);1H. The van der Waals surface area contributed by atoms with Crippen molar-refractivity contribution < 1.29 is 4.79 Å². The number of carbonyl (C=O) groups is 1. The average molecular weight is 482 g/mol. The van der Waals surface area contributed by atoms with E-state index in [1.807, 2.05) is 18.9 Å². The molecule has 27 heavy (non-hydrogen) atoms. The predicted molar refractivity (Wildman–Crippen MR) is 123 cm³/mol. The number of carbonyl (C=O) groups excluding carboxylic acids is 1. The van der Waals surface area contributed by atoms with Gasteiger partial charge in [0, 0.05) is 51.3 Å². The molecule has 0 aromatic heterocycles. The van der Waals surface area contributed by atoms with Crippen molar-refractivity contribution in [2.24, 2.45) is 4.99 Å². The van der Waals surface area contributed by atoms with Gasteiger partial charge in [0.2, 0.25) is 5.91 Å². The molecule has 0 bridgehead atoms. The molecular formula is C21H31IN4O. The first kappa shape index (κ1) is 21.7. The lowest BCUT2D eigenvalue weighted by atomic mass is 9.98. The molecule has 6 heteroatoms. The summed E-state index contributed by atoms with van der Waals surface area (Å²) in [5, 5.41) is 3.47. The number of allylic oxidation sites excluding steroid dienone is 1. The van der Waals surface area contributed by atoms with Crippen LogP contribution in [0.5, 0.6) is 0 Å². The van der Waals surface area contributed by atoms with E-state index in [1.165, 1.54) is 11.3 Å². The largest absolute Gasteiger partial charge is 0.356 e. The van der Waals surface area contributed by atoms with E-state index < -0.39 is 0 Å². The number of nitrogens with one attached hydrogen (secondary N) is 1. The van der Waals surface area contributed by atoms with Crippen LogP contribution < -0.4 is 10.2 Å². The van der Waals surface area contributed by atoms with E-state index in [1.54, 1.807) is 0 Å². The Hall–Kier alpha value is -1.57. The SMILES string of the molecule is CC=CCCNC(=NC)N1CC(CCN2CCCC2=O)c2ccccc21.I. The van der Waals surface area contributed by atoms with E-state index in [0.717, 1.165) is 57.8 Å². The summed E-state index contributed by atoms with van der Waals surface area (Å²) in [7, 11) is 1.84. The van der Waals surface area contributed by atoms with Gasteiger partial charge in [0.1, 0.15) is 0 Å². The summed E-state index contributed by atoms with van der Waals surface area (Å²) in [5.41, 5.74) is 2.61. The molecule has 2 heterocycles. The third-order valence-electron chi connectivity index (χ3n) is 5.29. The van der Waals surface area contributed by atoms with Crippen LogP contribution in [0.3, 0.4) is 0 Å². The van der Waals surface area contributed by atoms with Gasteiger partial charge in [0.05, 0.1) is 0 Å². The number of para-hydroxylation sites is 1. The second kappa shape index (κ2) is 10.7. The Balaban J connectivity index is 0.00000261. The number of anilines is 1. The van der Waals surface area contributed by atoms with Crippen LogP contribution in [0.15, 0.2) is 41.4 Å². The first-order valence-electron chi connectivity index (χ1n) is 9.70. The number of guanidine groups is 1. The quantitative estimate of drug-likeness (QED) is 0.221. The zero-order valence-electron chi connectivity index (χ0n) is 16.4. The molecule has 2 aliphatic heterocycles. The lowest BCUT2D eigenvalue weighted by Crippen LogP contribution is -2.41. The van der Waals surface area contributed by atoms with Gasteiger partial charge in [-0.3, -0.25) is 9.79 Å². The minimum atomic E-state index is 0. The molecule has 1 N–H and O–H groups in total. The maximum absolute atomic E-state index is 11.9. The van der Waals surface area contributed by atoms with E-state index in [2.05, 4.69) is 51.6 Å². The van der Waals surface area contributed by atoms with Gasteiger partial charge in [0.15, 0.2) is 5.96 Å². The van der Waals surface area contributed by atoms with Gasteiger partial charge in [-0.15, -0.1) is 24.0 Å². The zero-order chi connectivity index (χ0) is 18.4. The van der Waals surface area contributed by atoms with Crippen molar-refractivity contribution in [2.45, 2.75) is 38.5 Å². The number of nitrogens with zero attached hydrogens (tertiary/aromatic N) is 3. The lowest BCUT2D eigenvalue weighted by Gasteiger charge is -2.23. The molecule has 0 saturated carbocycles. The highest BCUT2D eigenvalue weighted by molar-refractivity contribution is 14.0. The van der Waals surface area contributed by atoms with Crippen molar-refractivity contribution >= 4 is 41.5 Å². The van der Waals surface area contributed by atoms with E-state index >= 15 is 0 Å². The van der Waals surface area contributed by atoms with Crippen LogP contribution in [0.25, 0.3) is 0 Å². The number of likely N-dealkylation sites (tertiary alicyclic amines) is 1. The van der Waals surface area contributed by atoms with Crippen LogP contribution in [0.2, 0.25) is 0 Å². The van der Waals surface area contributed by atoms with Crippen LogP contribution in [0, 0.1) is 0 Å². The molecule has 148 valence electrons. The minimum absolute atomic E-state index is 0. The summed E-state index contributed by atoms with van der Waals surface area (Å²) >= 11 is 0. The topological polar surface area (TPSA) is 47.9 Å². The molecule has 0 radical (unpaired) electrons. The summed E-state index contributed by atoms with van der Waals surface area (Å²) in [6.07, 6.45) is 7.96. The van der Waals surface area contributed by atoms with E-state index in [4.69, 9.17) is 0 Å². The second-order valence-corrected chi connectivity index (χ2v) is 6.97. The molecule has 1 unspecified atom stereocenters. The normalized spacial score (nSPS) is 19.6. The number of halogens is 1. The van der Waals surface area contributed by atoms with Crippen molar-refractivity contribution in [3.63, 3.8) is 0 Å². The fraction of sp³-hybridized carbons (Fsp3) is 0.524. The Kier molecular flexibility index (Phi) is 8.60. The van der Waals surface area contributed by atoms with Crippen LogP contribution >= 0.6 is 24.0 Å². The molecule has 0 spiro atoms. The smallest absolute Gasteiger partial charge is 0.222 e. The summed E-state index contributed by atoms with van der Waals surface area (Å²) in [6, 6.07) is 8.60. The summed E-state index contributed by atoms with van der Waals surface area (Å²) in [6.45, 7) is 5.62. The Labute approximate surface area is 179 Å². The first-order valence-corrected chi connectivity index (χ1v) is 9.70. The maximum atomic E-state index is 11.9. The fourth-order valence-electron chi connectivity index (χ4n) is 3.92. The van der Waals surface area contributed by atoms with Gasteiger partial charge >= 0.3 is 0 Å². The molecule has 1 saturated heterocycles. The van der Waals surface area contributed by atoms with Crippen LogP contribution in [0.4, 0.5) is 5.69 Å². The fourth-order valence-corrected chi connectivity index (χ4v) is 3.92. The molecule has 0 aliphatic carbocycles.